The average Bonchev–Trinajstić information content (AvgIpc) is 3.30. The minimum Gasteiger partial charge on any atom is -0.474 e. The van der Waals surface area contributed by atoms with E-state index >= 15 is 0 Å². The minimum atomic E-state index is -0.268. The Morgan fingerprint density at radius 1 is 1.36 bits per heavy atom. The zero-order valence-corrected chi connectivity index (χ0v) is 14.9. The first kappa shape index (κ1) is 16.5. The Morgan fingerprint density at radius 2 is 2.28 bits per heavy atom. The second kappa shape index (κ2) is 6.72. The summed E-state index contributed by atoms with van der Waals surface area (Å²) in [4.78, 5) is 23.2. The summed E-state index contributed by atoms with van der Waals surface area (Å²) in [7, 11) is 1.75. The first-order chi connectivity index (χ1) is 12.2. The lowest BCUT2D eigenvalue weighted by Crippen LogP contribution is -2.53. The number of pyridine rings is 1. The van der Waals surface area contributed by atoms with Gasteiger partial charge in [0.1, 0.15) is 11.8 Å². The lowest BCUT2D eigenvalue weighted by atomic mass is 9.79. The molecule has 2 aromatic heterocycles. The molecule has 1 saturated carbocycles. The summed E-state index contributed by atoms with van der Waals surface area (Å²) in [5.41, 5.74) is 1.95. The summed E-state index contributed by atoms with van der Waals surface area (Å²) < 4.78 is 12.0. The van der Waals surface area contributed by atoms with Gasteiger partial charge in [0.25, 0.3) is 5.91 Å². The Bertz CT molecular complexity index is 724. The lowest BCUT2D eigenvalue weighted by molar-refractivity contribution is -0.0788. The predicted octanol–water partition coefficient (Wildman–Crippen LogP) is 2.77. The number of rotatable bonds is 4. The second-order valence-electron chi connectivity index (χ2n) is 6.59. The highest BCUT2D eigenvalue weighted by molar-refractivity contribution is 7.07. The number of fused-ring (bicyclic) bond motifs is 1. The van der Waals surface area contributed by atoms with E-state index < -0.39 is 0 Å². The number of nitrogens with zero attached hydrogens (tertiary/aromatic N) is 3. The molecular weight excluding hydrogens is 338 g/mol. The van der Waals surface area contributed by atoms with Crippen LogP contribution in [0.25, 0.3) is 0 Å². The number of amides is 1. The molecule has 6 nitrogen and oxygen atoms in total. The summed E-state index contributed by atoms with van der Waals surface area (Å²) in [5.74, 6) is 0.622. The fraction of sp³-hybridized carbons (Fsp3) is 0.500. The van der Waals surface area contributed by atoms with E-state index in [0.717, 1.165) is 25.7 Å². The Hall–Kier alpha value is -1.99. The van der Waals surface area contributed by atoms with Crippen molar-refractivity contribution in [2.45, 2.75) is 43.4 Å². The molecular formula is C18H21N3O3S. The highest BCUT2D eigenvalue weighted by Gasteiger charge is 2.53. The van der Waals surface area contributed by atoms with Gasteiger partial charge in [-0.3, -0.25) is 4.79 Å². The fourth-order valence-corrected chi connectivity index (χ4v) is 4.59. The van der Waals surface area contributed by atoms with Gasteiger partial charge in [-0.2, -0.15) is 0 Å². The molecule has 25 heavy (non-hydrogen) atoms. The molecule has 0 radical (unpaired) electrons. The maximum atomic E-state index is 12.8. The van der Waals surface area contributed by atoms with E-state index in [-0.39, 0.29) is 23.7 Å². The third-order valence-electron chi connectivity index (χ3n) is 5.38. The van der Waals surface area contributed by atoms with Crippen LogP contribution < -0.4 is 4.74 Å². The van der Waals surface area contributed by atoms with E-state index in [1.54, 1.807) is 24.2 Å². The van der Waals surface area contributed by atoms with Crippen LogP contribution in [0.4, 0.5) is 0 Å². The number of carbonyl (C=O) groups is 1. The largest absolute Gasteiger partial charge is 0.474 e. The minimum absolute atomic E-state index is 0.00848. The van der Waals surface area contributed by atoms with Crippen LogP contribution in [0.5, 0.6) is 5.88 Å². The molecule has 2 aromatic rings. The molecule has 132 valence electrons. The van der Waals surface area contributed by atoms with Crippen molar-refractivity contribution in [1.29, 1.82) is 0 Å². The quantitative estimate of drug-likeness (QED) is 0.840. The third kappa shape index (κ3) is 3.02. The van der Waals surface area contributed by atoms with Crippen LogP contribution in [0.15, 0.2) is 35.3 Å². The van der Waals surface area contributed by atoms with Gasteiger partial charge in [0.05, 0.1) is 17.2 Å². The molecule has 1 aliphatic heterocycles. The molecule has 0 bridgehead atoms. The molecule has 2 fully saturated rings. The van der Waals surface area contributed by atoms with E-state index in [0.29, 0.717) is 18.1 Å². The Morgan fingerprint density at radius 3 is 3.00 bits per heavy atom. The van der Waals surface area contributed by atoms with Gasteiger partial charge in [-0.15, -0.1) is 11.3 Å². The smallest absolute Gasteiger partial charge is 0.273 e. The summed E-state index contributed by atoms with van der Waals surface area (Å²) in [6.45, 7) is 0.700. The highest BCUT2D eigenvalue weighted by Crippen LogP contribution is 2.43. The Kier molecular flexibility index (Phi) is 4.43. The topological polar surface area (TPSA) is 64.6 Å². The van der Waals surface area contributed by atoms with E-state index in [1.165, 1.54) is 11.3 Å². The van der Waals surface area contributed by atoms with Crippen LogP contribution in [0, 0.1) is 0 Å². The molecule has 7 heteroatoms. The van der Waals surface area contributed by atoms with Crippen LogP contribution in [-0.2, 0) is 4.74 Å². The predicted molar refractivity (Wildman–Crippen MR) is 93.8 cm³/mol. The van der Waals surface area contributed by atoms with Crippen LogP contribution in [0.3, 0.4) is 0 Å². The number of methoxy groups -OCH3 is 1. The van der Waals surface area contributed by atoms with Gasteiger partial charge in [0.15, 0.2) is 0 Å². The van der Waals surface area contributed by atoms with Gasteiger partial charge in [-0.05, 0) is 25.3 Å². The molecule has 1 amide bonds. The number of aromatic nitrogens is 2. The van der Waals surface area contributed by atoms with E-state index in [4.69, 9.17) is 9.47 Å². The van der Waals surface area contributed by atoms with Gasteiger partial charge in [0, 0.05) is 37.7 Å². The van der Waals surface area contributed by atoms with Crippen molar-refractivity contribution >= 4 is 17.2 Å². The molecule has 0 N–H and O–H groups in total. The van der Waals surface area contributed by atoms with Crippen molar-refractivity contribution in [3.05, 3.63) is 41.0 Å². The molecule has 3 heterocycles. The van der Waals surface area contributed by atoms with Gasteiger partial charge in [0.2, 0.25) is 5.88 Å². The molecule has 0 aromatic carbocycles. The lowest BCUT2D eigenvalue weighted by Gasteiger charge is -2.43. The van der Waals surface area contributed by atoms with Gasteiger partial charge in [-0.1, -0.05) is 6.07 Å². The molecule has 1 aliphatic carbocycles. The molecule has 3 atom stereocenters. The van der Waals surface area contributed by atoms with E-state index in [1.807, 2.05) is 23.1 Å². The van der Waals surface area contributed by atoms with Crippen LogP contribution in [0.2, 0.25) is 0 Å². The van der Waals surface area contributed by atoms with E-state index in [9.17, 15) is 4.79 Å². The zero-order chi connectivity index (χ0) is 17.3. The van der Waals surface area contributed by atoms with Crippen LogP contribution in [0.1, 0.15) is 36.2 Å². The number of ether oxygens (including phenoxy) is 2. The normalized spacial score (nSPS) is 28.6. The van der Waals surface area contributed by atoms with Crippen LogP contribution >= 0.6 is 11.3 Å². The number of thiazole rings is 1. The molecule has 2 aliphatic rings. The molecule has 0 spiro atoms. The summed E-state index contributed by atoms with van der Waals surface area (Å²) in [6.07, 6.45) is 5.16. The monoisotopic (exact) mass is 359 g/mol. The van der Waals surface area contributed by atoms with Crippen molar-refractivity contribution in [1.82, 2.24) is 14.9 Å². The van der Waals surface area contributed by atoms with Crippen molar-refractivity contribution in [3.8, 4) is 5.88 Å². The summed E-state index contributed by atoms with van der Waals surface area (Å²) in [5, 5.41) is 1.81. The maximum Gasteiger partial charge on any atom is 0.273 e. The van der Waals surface area contributed by atoms with E-state index in [2.05, 4.69) is 9.97 Å². The van der Waals surface area contributed by atoms with Gasteiger partial charge in [-0.25, -0.2) is 9.97 Å². The Labute approximate surface area is 150 Å². The number of carbonyl (C=O) groups excluding carboxylic acids is 1. The zero-order valence-electron chi connectivity index (χ0n) is 14.1. The number of hydrogen-bond donors (Lipinski definition) is 0. The molecule has 0 unspecified atom stereocenters. The maximum absolute atomic E-state index is 12.8. The second-order valence-corrected chi connectivity index (χ2v) is 7.31. The SMILES string of the molecule is CO[C@@]12CC[C@@H](Oc3ccccn3)C[C@@H]1N(C(=O)c1cscn1)CC2. The van der Waals surface area contributed by atoms with Crippen LogP contribution in [-0.4, -0.2) is 52.2 Å². The third-order valence-corrected chi connectivity index (χ3v) is 5.97. The Balaban J connectivity index is 1.53. The first-order valence-electron chi connectivity index (χ1n) is 8.54. The average molecular weight is 359 g/mol. The van der Waals surface area contributed by atoms with Gasteiger partial charge >= 0.3 is 0 Å². The van der Waals surface area contributed by atoms with Gasteiger partial charge < -0.3 is 14.4 Å². The fourth-order valence-electron chi connectivity index (χ4n) is 4.07. The first-order valence-corrected chi connectivity index (χ1v) is 9.48. The summed E-state index contributed by atoms with van der Waals surface area (Å²) >= 11 is 1.44. The standard InChI is InChI=1S/C18H21N3O3S/c1-23-18-6-5-13(24-16-4-2-3-8-19-16)10-15(18)21(9-7-18)17(22)14-11-25-12-20-14/h2-4,8,11-13,15H,5-7,9-10H2,1H3/t13-,15+,18-/m1/s1. The van der Waals surface area contributed by atoms with Crippen molar-refractivity contribution in [2.24, 2.45) is 0 Å². The van der Waals surface area contributed by atoms with Crippen molar-refractivity contribution < 1.29 is 14.3 Å². The van der Waals surface area contributed by atoms with Crippen molar-refractivity contribution in [2.75, 3.05) is 13.7 Å². The summed E-state index contributed by atoms with van der Waals surface area (Å²) in [6, 6.07) is 5.66. The molecule has 4 rings (SSSR count). The molecule has 1 saturated heterocycles. The highest BCUT2D eigenvalue weighted by atomic mass is 32.1. The number of hydrogen-bond acceptors (Lipinski definition) is 6. The number of likely N-dealkylation sites (tertiary alicyclic amines) is 1. The van der Waals surface area contributed by atoms with Crippen molar-refractivity contribution in [3.63, 3.8) is 0 Å².